The first-order chi connectivity index (χ1) is 7.16. The van der Waals surface area contributed by atoms with E-state index in [-0.39, 0.29) is 12.2 Å². The van der Waals surface area contributed by atoms with Gasteiger partial charge in [0.2, 0.25) is 0 Å². The molecule has 1 aliphatic heterocycles. The van der Waals surface area contributed by atoms with E-state index in [1.807, 2.05) is 0 Å². The number of rotatable bonds is 1. The maximum Gasteiger partial charge on any atom is 0.155 e. The highest BCUT2D eigenvalue weighted by molar-refractivity contribution is 5.61. The van der Waals surface area contributed by atoms with E-state index >= 15 is 0 Å². The van der Waals surface area contributed by atoms with Crippen molar-refractivity contribution in [1.82, 2.24) is 9.97 Å². The molecule has 0 aliphatic carbocycles. The Morgan fingerprint density at radius 3 is 2.67 bits per heavy atom. The topological polar surface area (TPSA) is 64.3 Å². The van der Waals surface area contributed by atoms with Gasteiger partial charge in [0.1, 0.15) is 6.33 Å². The first-order valence-electron chi connectivity index (χ1n) is 5.12. The Hall–Kier alpha value is -1.36. The van der Waals surface area contributed by atoms with Crippen LogP contribution in [-0.4, -0.2) is 35.3 Å². The number of hydrogen-bond donors (Lipinski definition) is 1. The van der Waals surface area contributed by atoms with Gasteiger partial charge < -0.3 is 15.4 Å². The number of hydrogen-bond acceptors (Lipinski definition) is 5. The molecule has 5 heteroatoms. The van der Waals surface area contributed by atoms with Gasteiger partial charge in [-0.2, -0.15) is 0 Å². The Labute approximate surface area is 89.3 Å². The monoisotopic (exact) mass is 208 g/mol. The second-order valence-electron chi connectivity index (χ2n) is 3.96. The molecule has 82 valence electrons. The molecule has 1 aromatic rings. The molecule has 0 aromatic carbocycles. The van der Waals surface area contributed by atoms with E-state index in [0.29, 0.717) is 5.69 Å². The number of nitrogen functional groups attached to an aromatic ring is 1. The summed E-state index contributed by atoms with van der Waals surface area (Å²) in [4.78, 5) is 10.2. The summed E-state index contributed by atoms with van der Waals surface area (Å²) in [7, 11) is 0. The number of nitrogens with zero attached hydrogens (tertiary/aromatic N) is 3. The van der Waals surface area contributed by atoms with Crippen LogP contribution in [0.5, 0.6) is 0 Å². The molecule has 2 atom stereocenters. The van der Waals surface area contributed by atoms with Gasteiger partial charge in [-0.15, -0.1) is 0 Å². The van der Waals surface area contributed by atoms with E-state index in [9.17, 15) is 0 Å². The molecule has 0 unspecified atom stereocenters. The molecule has 15 heavy (non-hydrogen) atoms. The summed E-state index contributed by atoms with van der Waals surface area (Å²) in [5, 5.41) is 0. The summed E-state index contributed by atoms with van der Waals surface area (Å²) in [6, 6.07) is 0. The molecule has 0 bridgehead atoms. The van der Waals surface area contributed by atoms with E-state index in [4.69, 9.17) is 10.5 Å². The Balaban J connectivity index is 2.20. The maximum absolute atomic E-state index is 5.83. The summed E-state index contributed by atoms with van der Waals surface area (Å²) in [6.45, 7) is 5.76. The molecule has 1 aliphatic rings. The van der Waals surface area contributed by atoms with Crippen molar-refractivity contribution in [3.05, 3.63) is 12.5 Å². The average molecular weight is 208 g/mol. The van der Waals surface area contributed by atoms with Gasteiger partial charge in [-0.3, -0.25) is 0 Å². The standard InChI is InChI=1S/C10H16N4O/c1-7-4-14(5-8(2)15-7)10-9(11)3-12-6-13-10/h3,6-8H,4-5,11H2,1-2H3/t7-,8+. The Morgan fingerprint density at radius 2 is 2.07 bits per heavy atom. The summed E-state index contributed by atoms with van der Waals surface area (Å²) in [5.74, 6) is 0.812. The largest absolute Gasteiger partial charge is 0.394 e. The number of nitrogens with two attached hydrogens (primary N) is 1. The van der Waals surface area contributed by atoms with Crippen LogP contribution < -0.4 is 10.6 Å². The van der Waals surface area contributed by atoms with Crippen molar-refractivity contribution >= 4 is 11.5 Å². The van der Waals surface area contributed by atoms with Crippen LogP contribution in [0.4, 0.5) is 11.5 Å². The van der Waals surface area contributed by atoms with Gasteiger partial charge in [-0.25, -0.2) is 9.97 Å². The van der Waals surface area contributed by atoms with Crippen molar-refractivity contribution in [2.24, 2.45) is 0 Å². The van der Waals surface area contributed by atoms with E-state index < -0.39 is 0 Å². The van der Waals surface area contributed by atoms with Gasteiger partial charge in [0.25, 0.3) is 0 Å². The fourth-order valence-corrected chi connectivity index (χ4v) is 1.95. The van der Waals surface area contributed by atoms with Gasteiger partial charge in [0, 0.05) is 13.1 Å². The second kappa shape index (κ2) is 4.02. The third-order valence-corrected chi connectivity index (χ3v) is 2.44. The highest BCUT2D eigenvalue weighted by atomic mass is 16.5. The summed E-state index contributed by atoms with van der Waals surface area (Å²) in [5.41, 5.74) is 6.46. The maximum atomic E-state index is 5.83. The molecule has 2 N–H and O–H groups in total. The van der Waals surface area contributed by atoms with Gasteiger partial charge in [-0.05, 0) is 13.8 Å². The van der Waals surface area contributed by atoms with Crippen LogP contribution in [0.25, 0.3) is 0 Å². The van der Waals surface area contributed by atoms with Crippen molar-refractivity contribution in [3.8, 4) is 0 Å². The number of ether oxygens (including phenoxy) is 1. The third-order valence-electron chi connectivity index (χ3n) is 2.44. The molecule has 0 radical (unpaired) electrons. The number of morpholine rings is 1. The molecule has 5 nitrogen and oxygen atoms in total. The Bertz CT molecular complexity index is 334. The van der Waals surface area contributed by atoms with Crippen molar-refractivity contribution in [2.45, 2.75) is 26.1 Å². The fourth-order valence-electron chi connectivity index (χ4n) is 1.95. The molecule has 2 rings (SSSR count). The van der Waals surface area contributed by atoms with Crippen LogP contribution in [0, 0.1) is 0 Å². The number of anilines is 2. The quantitative estimate of drug-likeness (QED) is 0.735. The molecule has 1 fully saturated rings. The smallest absolute Gasteiger partial charge is 0.155 e. The minimum atomic E-state index is 0.211. The van der Waals surface area contributed by atoms with Crippen LogP contribution in [0.3, 0.4) is 0 Å². The van der Waals surface area contributed by atoms with Crippen molar-refractivity contribution in [2.75, 3.05) is 23.7 Å². The van der Waals surface area contributed by atoms with Crippen LogP contribution in [0.1, 0.15) is 13.8 Å². The van der Waals surface area contributed by atoms with E-state index in [1.54, 1.807) is 6.20 Å². The molecule has 2 heterocycles. The van der Waals surface area contributed by atoms with E-state index in [2.05, 4.69) is 28.7 Å². The van der Waals surface area contributed by atoms with Crippen molar-refractivity contribution in [3.63, 3.8) is 0 Å². The van der Waals surface area contributed by atoms with Crippen molar-refractivity contribution in [1.29, 1.82) is 0 Å². The normalized spacial score (nSPS) is 26.7. The minimum Gasteiger partial charge on any atom is -0.394 e. The van der Waals surface area contributed by atoms with Crippen LogP contribution in [-0.2, 0) is 4.74 Å². The van der Waals surface area contributed by atoms with Gasteiger partial charge in [0.05, 0.1) is 24.1 Å². The molecule has 0 saturated carbocycles. The highest BCUT2D eigenvalue weighted by Gasteiger charge is 2.24. The third kappa shape index (κ3) is 2.18. The molecule has 0 spiro atoms. The lowest BCUT2D eigenvalue weighted by molar-refractivity contribution is -0.00541. The summed E-state index contributed by atoms with van der Waals surface area (Å²) < 4.78 is 5.65. The molecular formula is C10H16N4O. The highest BCUT2D eigenvalue weighted by Crippen LogP contribution is 2.22. The lowest BCUT2D eigenvalue weighted by Gasteiger charge is -2.36. The first-order valence-corrected chi connectivity index (χ1v) is 5.12. The minimum absolute atomic E-state index is 0.211. The number of aromatic nitrogens is 2. The van der Waals surface area contributed by atoms with E-state index in [0.717, 1.165) is 18.9 Å². The fraction of sp³-hybridized carbons (Fsp3) is 0.600. The SMILES string of the molecule is C[C@@H]1CN(c2ncncc2N)C[C@H](C)O1. The predicted molar refractivity (Wildman–Crippen MR) is 58.7 cm³/mol. The van der Waals surface area contributed by atoms with Gasteiger partial charge in [-0.1, -0.05) is 0 Å². The zero-order valence-electron chi connectivity index (χ0n) is 9.05. The summed E-state index contributed by atoms with van der Waals surface area (Å²) in [6.07, 6.45) is 3.58. The zero-order valence-corrected chi connectivity index (χ0v) is 9.05. The zero-order chi connectivity index (χ0) is 10.8. The Kier molecular flexibility index (Phi) is 2.73. The van der Waals surface area contributed by atoms with Crippen LogP contribution >= 0.6 is 0 Å². The van der Waals surface area contributed by atoms with E-state index in [1.165, 1.54) is 6.33 Å². The predicted octanol–water partition coefficient (Wildman–Crippen LogP) is 0.672. The van der Waals surface area contributed by atoms with Crippen LogP contribution in [0.2, 0.25) is 0 Å². The van der Waals surface area contributed by atoms with Gasteiger partial charge in [0.15, 0.2) is 5.82 Å². The summed E-state index contributed by atoms with van der Waals surface area (Å²) >= 11 is 0. The van der Waals surface area contributed by atoms with Crippen molar-refractivity contribution < 1.29 is 4.74 Å². The molecule has 1 aromatic heterocycles. The lowest BCUT2D eigenvalue weighted by Crippen LogP contribution is -2.46. The molecule has 1 saturated heterocycles. The van der Waals surface area contributed by atoms with Gasteiger partial charge >= 0.3 is 0 Å². The Morgan fingerprint density at radius 1 is 1.40 bits per heavy atom. The second-order valence-corrected chi connectivity index (χ2v) is 3.96. The van der Waals surface area contributed by atoms with Crippen LogP contribution in [0.15, 0.2) is 12.5 Å². The lowest BCUT2D eigenvalue weighted by atomic mass is 10.2. The molecular weight excluding hydrogens is 192 g/mol. The first kappa shape index (κ1) is 10.2. The molecule has 0 amide bonds. The average Bonchev–Trinajstić information content (AvgIpc) is 2.16.